The molecule has 3 aromatic carbocycles. The minimum absolute atomic E-state index is 0.0710. The molecule has 0 saturated carbocycles. The van der Waals surface area contributed by atoms with Crippen LogP contribution in [-0.2, 0) is 11.3 Å². The summed E-state index contributed by atoms with van der Waals surface area (Å²) in [5, 5.41) is 20.3. The zero-order valence-electron chi connectivity index (χ0n) is 18.1. The number of rotatable bonds is 6. The summed E-state index contributed by atoms with van der Waals surface area (Å²) in [5.41, 5.74) is 4.29. The fraction of sp³-hybridized carbons (Fsp3) is 0.120. The van der Waals surface area contributed by atoms with Crippen molar-refractivity contribution in [2.24, 2.45) is 0 Å². The molecular weight excluding hydrogens is 434 g/mol. The standard InChI is InChI=1S/C25H21N5O4/c31-24-22(20-14-19(30(33)34)10-11-21(20)28-24)23(17-4-2-1-3-5-17)27-18-8-6-16(7-9-18)15-29-13-12-26-25(29)32/h1-11,14,27H,12-13,15H2,(H,26,32)(H,28,31). The molecule has 0 unspecified atom stereocenters. The molecule has 0 spiro atoms. The highest BCUT2D eigenvalue weighted by atomic mass is 16.6. The molecule has 34 heavy (non-hydrogen) atoms. The molecule has 3 amide bonds. The predicted octanol–water partition coefficient (Wildman–Crippen LogP) is 4.05. The molecule has 5 rings (SSSR count). The molecule has 2 aliphatic rings. The molecule has 170 valence electrons. The predicted molar refractivity (Wildman–Crippen MR) is 129 cm³/mol. The van der Waals surface area contributed by atoms with Crippen LogP contribution in [0.15, 0.2) is 72.8 Å². The number of hydrogen-bond donors (Lipinski definition) is 3. The van der Waals surface area contributed by atoms with Gasteiger partial charge in [0.25, 0.3) is 11.6 Å². The molecule has 9 heteroatoms. The molecule has 3 aromatic rings. The highest BCUT2D eigenvalue weighted by molar-refractivity contribution is 6.37. The Balaban J connectivity index is 1.52. The Kier molecular flexibility index (Phi) is 5.43. The second-order valence-corrected chi connectivity index (χ2v) is 8.03. The van der Waals surface area contributed by atoms with Gasteiger partial charge in [0.05, 0.1) is 16.2 Å². The smallest absolute Gasteiger partial charge is 0.317 e. The van der Waals surface area contributed by atoms with Gasteiger partial charge >= 0.3 is 6.03 Å². The summed E-state index contributed by atoms with van der Waals surface area (Å²) < 4.78 is 0. The van der Waals surface area contributed by atoms with Gasteiger partial charge < -0.3 is 20.9 Å². The van der Waals surface area contributed by atoms with E-state index in [0.717, 1.165) is 16.8 Å². The Morgan fingerprint density at radius 3 is 2.47 bits per heavy atom. The molecular formula is C25H21N5O4. The summed E-state index contributed by atoms with van der Waals surface area (Å²) in [6.07, 6.45) is 0. The Morgan fingerprint density at radius 2 is 1.79 bits per heavy atom. The molecule has 2 aliphatic heterocycles. The van der Waals surface area contributed by atoms with E-state index in [1.54, 1.807) is 11.0 Å². The number of nitrogens with one attached hydrogen (secondary N) is 3. The number of fused-ring (bicyclic) bond motifs is 1. The van der Waals surface area contributed by atoms with Crippen molar-refractivity contribution in [3.05, 3.63) is 99.6 Å². The van der Waals surface area contributed by atoms with E-state index in [2.05, 4.69) is 16.0 Å². The van der Waals surface area contributed by atoms with Crippen LogP contribution < -0.4 is 16.0 Å². The van der Waals surface area contributed by atoms with Crippen LogP contribution in [0.4, 0.5) is 21.9 Å². The van der Waals surface area contributed by atoms with Gasteiger partial charge in [0.1, 0.15) is 0 Å². The van der Waals surface area contributed by atoms with Gasteiger partial charge in [0.15, 0.2) is 0 Å². The number of nitro groups is 1. The van der Waals surface area contributed by atoms with Crippen LogP contribution in [0.1, 0.15) is 16.7 Å². The first kappa shape index (κ1) is 21.2. The molecule has 0 atom stereocenters. The Morgan fingerprint density at radius 1 is 1.03 bits per heavy atom. The van der Waals surface area contributed by atoms with Gasteiger partial charge in [-0.3, -0.25) is 14.9 Å². The minimum atomic E-state index is -0.477. The number of nitrogens with zero attached hydrogens (tertiary/aromatic N) is 2. The van der Waals surface area contributed by atoms with Gasteiger partial charge in [0, 0.05) is 48.7 Å². The van der Waals surface area contributed by atoms with Crippen molar-refractivity contribution < 1.29 is 14.5 Å². The molecule has 0 aliphatic carbocycles. The number of hydrogen-bond acceptors (Lipinski definition) is 5. The fourth-order valence-electron chi connectivity index (χ4n) is 4.12. The van der Waals surface area contributed by atoms with Crippen LogP contribution in [0, 0.1) is 10.1 Å². The van der Waals surface area contributed by atoms with Crippen LogP contribution >= 0.6 is 0 Å². The largest absolute Gasteiger partial charge is 0.354 e. The van der Waals surface area contributed by atoms with Gasteiger partial charge in [-0.1, -0.05) is 42.5 Å². The van der Waals surface area contributed by atoms with Gasteiger partial charge in [0.2, 0.25) is 0 Å². The fourth-order valence-corrected chi connectivity index (χ4v) is 4.12. The first-order chi connectivity index (χ1) is 16.5. The molecule has 1 fully saturated rings. The maximum absolute atomic E-state index is 13.0. The molecule has 2 heterocycles. The number of anilines is 2. The average molecular weight is 455 g/mol. The number of non-ortho nitro benzene ring substituents is 1. The third-order valence-corrected chi connectivity index (χ3v) is 5.81. The van der Waals surface area contributed by atoms with Crippen molar-refractivity contribution >= 4 is 40.3 Å². The Hall–Kier alpha value is -4.66. The molecule has 0 aromatic heterocycles. The maximum Gasteiger partial charge on any atom is 0.317 e. The number of benzene rings is 3. The number of urea groups is 1. The van der Waals surface area contributed by atoms with Gasteiger partial charge in [-0.05, 0) is 29.3 Å². The van der Waals surface area contributed by atoms with E-state index in [1.807, 2.05) is 54.6 Å². The summed E-state index contributed by atoms with van der Waals surface area (Å²) in [6, 6.07) is 21.2. The number of carbonyl (C=O) groups excluding carboxylic acids is 2. The van der Waals surface area contributed by atoms with E-state index in [4.69, 9.17) is 0 Å². The van der Waals surface area contributed by atoms with Crippen molar-refractivity contribution in [1.29, 1.82) is 0 Å². The normalized spacial score (nSPS) is 16.1. The molecule has 3 N–H and O–H groups in total. The van der Waals surface area contributed by atoms with Gasteiger partial charge in [-0.25, -0.2) is 4.79 Å². The van der Waals surface area contributed by atoms with E-state index in [1.165, 1.54) is 12.1 Å². The second-order valence-electron chi connectivity index (χ2n) is 8.03. The summed E-state index contributed by atoms with van der Waals surface area (Å²) in [5.74, 6) is -0.335. The Labute approximate surface area is 195 Å². The van der Waals surface area contributed by atoms with Crippen LogP contribution in [0.25, 0.3) is 11.3 Å². The van der Waals surface area contributed by atoms with Gasteiger partial charge in [-0.2, -0.15) is 0 Å². The maximum atomic E-state index is 13.0. The van der Waals surface area contributed by atoms with E-state index in [0.29, 0.717) is 42.2 Å². The van der Waals surface area contributed by atoms with E-state index in [9.17, 15) is 19.7 Å². The lowest BCUT2D eigenvalue weighted by Gasteiger charge is -2.16. The van der Waals surface area contributed by atoms with Crippen LogP contribution in [-0.4, -0.2) is 34.9 Å². The van der Waals surface area contributed by atoms with Crippen molar-refractivity contribution in [3.63, 3.8) is 0 Å². The SMILES string of the molecule is O=C1Nc2ccc([N+](=O)[O-])cc2C1=C(Nc1ccc(CN2CCNC2=O)cc1)c1ccccc1. The monoisotopic (exact) mass is 455 g/mol. The van der Waals surface area contributed by atoms with E-state index >= 15 is 0 Å². The van der Waals surface area contributed by atoms with E-state index < -0.39 is 4.92 Å². The zero-order chi connectivity index (χ0) is 23.7. The molecule has 9 nitrogen and oxygen atoms in total. The van der Waals surface area contributed by atoms with Crippen molar-refractivity contribution in [2.75, 3.05) is 23.7 Å². The van der Waals surface area contributed by atoms with Crippen LogP contribution in [0.2, 0.25) is 0 Å². The minimum Gasteiger partial charge on any atom is -0.354 e. The molecule has 0 radical (unpaired) electrons. The number of amides is 3. The van der Waals surface area contributed by atoms with Crippen molar-refractivity contribution in [1.82, 2.24) is 10.2 Å². The zero-order valence-corrected chi connectivity index (χ0v) is 18.1. The number of carbonyl (C=O) groups is 2. The first-order valence-electron chi connectivity index (χ1n) is 10.8. The van der Waals surface area contributed by atoms with Gasteiger partial charge in [-0.15, -0.1) is 0 Å². The highest BCUT2D eigenvalue weighted by Crippen LogP contribution is 2.39. The van der Waals surface area contributed by atoms with Crippen LogP contribution in [0.3, 0.4) is 0 Å². The highest BCUT2D eigenvalue weighted by Gasteiger charge is 2.30. The topological polar surface area (TPSA) is 117 Å². The lowest BCUT2D eigenvalue weighted by Crippen LogP contribution is -2.27. The third kappa shape index (κ3) is 4.06. The summed E-state index contributed by atoms with van der Waals surface area (Å²) in [7, 11) is 0. The molecule has 0 bridgehead atoms. The lowest BCUT2D eigenvalue weighted by molar-refractivity contribution is -0.384. The summed E-state index contributed by atoms with van der Waals surface area (Å²) in [4.78, 5) is 37.4. The van der Waals surface area contributed by atoms with Crippen molar-refractivity contribution in [3.8, 4) is 0 Å². The third-order valence-electron chi connectivity index (χ3n) is 5.81. The quantitative estimate of drug-likeness (QED) is 0.295. The number of nitro benzene ring substituents is 1. The average Bonchev–Trinajstić information content (AvgIpc) is 3.40. The summed E-state index contributed by atoms with van der Waals surface area (Å²) >= 11 is 0. The summed E-state index contributed by atoms with van der Waals surface area (Å²) in [6.45, 7) is 1.83. The second kappa shape index (κ2) is 8.70. The van der Waals surface area contributed by atoms with E-state index in [-0.39, 0.29) is 17.6 Å². The first-order valence-corrected chi connectivity index (χ1v) is 10.8. The van der Waals surface area contributed by atoms with Crippen LogP contribution in [0.5, 0.6) is 0 Å². The lowest BCUT2D eigenvalue weighted by atomic mass is 9.99. The molecule has 1 saturated heterocycles. The van der Waals surface area contributed by atoms with Crippen molar-refractivity contribution in [2.45, 2.75) is 6.54 Å². The Bertz CT molecular complexity index is 1320.